The maximum atomic E-state index is 6.12. The summed E-state index contributed by atoms with van der Waals surface area (Å²) in [5, 5.41) is 1.39. The Morgan fingerprint density at radius 3 is 2.31 bits per heavy atom. The second kappa shape index (κ2) is 4.48. The van der Waals surface area contributed by atoms with Gasteiger partial charge in [0.05, 0.1) is 18.6 Å². The average Bonchev–Trinajstić information content (AvgIpc) is 2.55. The van der Waals surface area contributed by atoms with Crippen molar-refractivity contribution >= 4 is 23.2 Å². The Balaban J connectivity index is 2.38. The van der Waals surface area contributed by atoms with Gasteiger partial charge < -0.3 is 4.57 Å². The molecule has 2 rings (SSSR count). The van der Waals surface area contributed by atoms with Gasteiger partial charge in [0.1, 0.15) is 0 Å². The molecule has 0 unspecified atom stereocenters. The third-order valence-electron chi connectivity index (χ3n) is 2.74. The van der Waals surface area contributed by atoms with Crippen LogP contribution in [0.1, 0.15) is 17.0 Å². The summed E-state index contributed by atoms with van der Waals surface area (Å²) in [5.74, 6) is 0. The number of benzene rings is 1. The standard InChI is InChI=1S/C12H12Cl2N2/c1-8-9(2)16(7-15-8)6-10-11(13)4-3-5-12(10)14/h3-5,7H,6H2,1-2H3. The fourth-order valence-electron chi connectivity index (χ4n) is 1.56. The van der Waals surface area contributed by atoms with Gasteiger partial charge in [0.2, 0.25) is 0 Å². The van der Waals surface area contributed by atoms with E-state index in [9.17, 15) is 0 Å². The predicted molar refractivity (Wildman–Crippen MR) is 67.3 cm³/mol. The van der Waals surface area contributed by atoms with Gasteiger partial charge in [-0.05, 0) is 26.0 Å². The largest absolute Gasteiger partial charge is 0.330 e. The number of aryl methyl sites for hydroxylation is 1. The summed E-state index contributed by atoms with van der Waals surface area (Å²) in [5.41, 5.74) is 3.10. The van der Waals surface area contributed by atoms with Crippen molar-refractivity contribution < 1.29 is 0 Å². The van der Waals surface area contributed by atoms with Crippen LogP contribution in [0, 0.1) is 13.8 Å². The number of hydrogen-bond acceptors (Lipinski definition) is 1. The van der Waals surface area contributed by atoms with Crippen LogP contribution in [0.3, 0.4) is 0 Å². The van der Waals surface area contributed by atoms with Crippen molar-refractivity contribution in [2.24, 2.45) is 0 Å². The van der Waals surface area contributed by atoms with E-state index in [0.717, 1.165) is 17.0 Å². The minimum absolute atomic E-state index is 0.658. The molecule has 0 bridgehead atoms. The monoisotopic (exact) mass is 254 g/mol. The van der Waals surface area contributed by atoms with E-state index in [-0.39, 0.29) is 0 Å². The summed E-state index contributed by atoms with van der Waals surface area (Å²) in [6, 6.07) is 5.55. The highest BCUT2D eigenvalue weighted by Gasteiger charge is 2.08. The summed E-state index contributed by atoms with van der Waals surface area (Å²) < 4.78 is 2.04. The summed E-state index contributed by atoms with van der Waals surface area (Å²) in [6.07, 6.45) is 1.81. The first-order valence-corrected chi connectivity index (χ1v) is 5.76. The molecule has 1 aromatic heterocycles. The van der Waals surface area contributed by atoms with Crippen molar-refractivity contribution in [3.8, 4) is 0 Å². The van der Waals surface area contributed by atoms with Crippen LogP contribution < -0.4 is 0 Å². The second-order valence-electron chi connectivity index (χ2n) is 3.74. The molecule has 0 radical (unpaired) electrons. The second-order valence-corrected chi connectivity index (χ2v) is 4.56. The number of aromatic nitrogens is 2. The lowest BCUT2D eigenvalue weighted by molar-refractivity contribution is 0.769. The number of rotatable bonds is 2. The lowest BCUT2D eigenvalue weighted by Gasteiger charge is -2.09. The molecule has 1 heterocycles. The number of imidazole rings is 1. The van der Waals surface area contributed by atoms with Crippen LogP contribution in [0.2, 0.25) is 10.0 Å². The predicted octanol–water partition coefficient (Wildman–Crippen LogP) is 3.86. The first kappa shape index (κ1) is 11.5. The molecule has 1 aromatic carbocycles. The van der Waals surface area contributed by atoms with E-state index in [1.54, 1.807) is 0 Å². The first-order valence-electron chi connectivity index (χ1n) is 5.01. The molecule has 0 spiro atoms. The molecule has 0 amide bonds. The van der Waals surface area contributed by atoms with Gasteiger partial charge >= 0.3 is 0 Å². The fourth-order valence-corrected chi connectivity index (χ4v) is 2.07. The summed E-state index contributed by atoms with van der Waals surface area (Å²) >= 11 is 12.2. The summed E-state index contributed by atoms with van der Waals surface area (Å²) in [6.45, 7) is 4.68. The van der Waals surface area contributed by atoms with E-state index in [0.29, 0.717) is 16.6 Å². The molecule has 0 fully saturated rings. The topological polar surface area (TPSA) is 17.8 Å². The van der Waals surface area contributed by atoms with Crippen LogP contribution in [0.15, 0.2) is 24.5 Å². The zero-order valence-electron chi connectivity index (χ0n) is 9.17. The van der Waals surface area contributed by atoms with E-state index in [2.05, 4.69) is 4.98 Å². The molecule has 16 heavy (non-hydrogen) atoms. The molecular formula is C12H12Cl2N2. The minimum Gasteiger partial charge on any atom is -0.330 e. The zero-order chi connectivity index (χ0) is 11.7. The van der Waals surface area contributed by atoms with Crippen LogP contribution in [0.4, 0.5) is 0 Å². The normalized spacial score (nSPS) is 10.8. The Morgan fingerprint density at radius 2 is 1.81 bits per heavy atom. The Hall–Kier alpha value is -0.990. The van der Waals surface area contributed by atoms with Gasteiger partial charge in [-0.1, -0.05) is 29.3 Å². The van der Waals surface area contributed by atoms with Crippen LogP contribution in [-0.2, 0) is 6.54 Å². The first-order chi connectivity index (χ1) is 7.59. The smallest absolute Gasteiger partial charge is 0.0954 e. The van der Waals surface area contributed by atoms with Gasteiger partial charge in [-0.15, -0.1) is 0 Å². The van der Waals surface area contributed by atoms with Crippen molar-refractivity contribution in [1.29, 1.82) is 0 Å². The quantitative estimate of drug-likeness (QED) is 0.796. The molecule has 2 nitrogen and oxygen atoms in total. The SMILES string of the molecule is Cc1ncn(Cc2c(Cl)cccc2Cl)c1C. The highest BCUT2D eigenvalue weighted by molar-refractivity contribution is 6.35. The maximum absolute atomic E-state index is 6.12. The molecule has 4 heteroatoms. The zero-order valence-corrected chi connectivity index (χ0v) is 10.7. The van der Waals surface area contributed by atoms with Crippen LogP contribution in [0.5, 0.6) is 0 Å². The number of nitrogens with zero attached hydrogens (tertiary/aromatic N) is 2. The molecule has 0 aliphatic rings. The van der Waals surface area contributed by atoms with E-state index in [4.69, 9.17) is 23.2 Å². The summed E-state index contributed by atoms with van der Waals surface area (Å²) in [4.78, 5) is 4.25. The van der Waals surface area contributed by atoms with Crippen molar-refractivity contribution in [3.05, 3.63) is 51.5 Å². The molecule has 0 aliphatic carbocycles. The van der Waals surface area contributed by atoms with Crippen LogP contribution >= 0.6 is 23.2 Å². The fraction of sp³-hybridized carbons (Fsp3) is 0.250. The van der Waals surface area contributed by atoms with Gasteiger partial charge in [0.15, 0.2) is 0 Å². The van der Waals surface area contributed by atoms with Crippen molar-refractivity contribution in [1.82, 2.24) is 9.55 Å². The molecular weight excluding hydrogens is 243 g/mol. The Labute approximate surface area is 105 Å². The van der Waals surface area contributed by atoms with E-state index in [1.165, 1.54) is 0 Å². The number of halogens is 2. The molecule has 0 N–H and O–H groups in total. The maximum Gasteiger partial charge on any atom is 0.0954 e. The molecule has 0 saturated carbocycles. The lowest BCUT2D eigenvalue weighted by Crippen LogP contribution is -2.02. The van der Waals surface area contributed by atoms with Crippen molar-refractivity contribution in [3.63, 3.8) is 0 Å². The third-order valence-corrected chi connectivity index (χ3v) is 3.44. The van der Waals surface area contributed by atoms with Gasteiger partial charge in [-0.25, -0.2) is 4.98 Å². The van der Waals surface area contributed by atoms with Crippen LogP contribution in [-0.4, -0.2) is 9.55 Å². The highest BCUT2D eigenvalue weighted by Crippen LogP contribution is 2.25. The Bertz CT molecular complexity index is 497. The molecule has 0 atom stereocenters. The van der Waals surface area contributed by atoms with Gasteiger partial charge in [-0.3, -0.25) is 0 Å². The van der Waals surface area contributed by atoms with Gasteiger partial charge in [0, 0.05) is 21.3 Å². The lowest BCUT2D eigenvalue weighted by atomic mass is 10.2. The van der Waals surface area contributed by atoms with Crippen molar-refractivity contribution in [2.75, 3.05) is 0 Å². The van der Waals surface area contributed by atoms with Gasteiger partial charge in [0.25, 0.3) is 0 Å². The van der Waals surface area contributed by atoms with E-state index in [1.807, 2.05) is 42.9 Å². The highest BCUT2D eigenvalue weighted by atomic mass is 35.5. The third kappa shape index (κ3) is 2.08. The van der Waals surface area contributed by atoms with E-state index < -0.39 is 0 Å². The minimum atomic E-state index is 0.658. The molecule has 84 valence electrons. The van der Waals surface area contributed by atoms with Crippen molar-refractivity contribution in [2.45, 2.75) is 20.4 Å². The number of hydrogen-bond donors (Lipinski definition) is 0. The Kier molecular flexibility index (Phi) is 3.22. The Morgan fingerprint density at radius 1 is 1.19 bits per heavy atom. The summed E-state index contributed by atoms with van der Waals surface area (Å²) in [7, 11) is 0. The van der Waals surface area contributed by atoms with Crippen LogP contribution in [0.25, 0.3) is 0 Å². The molecule has 0 aliphatic heterocycles. The molecule has 0 saturated heterocycles. The average molecular weight is 255 g/mol. The molecule has 2 aromatic rings. The van der Waals surface area contributed by atoms with Gasteiger partial charge in [-0.2, -0.15) is 0 Å². The van der Waals surface area contributed by atoms with E-state index >= 15 is 0 Å².